The third kappa shape index (κ3) is 2.20. The number of hydrogen-bond acceptors (Lipinski definition) is 4. The molecule has 0 saturated carbocycles. The van der Waals surface area contributed by atoms with Gasteiger partial charge in [-0.15, -0.1) is 0 Å². The van der Waals surface area contributed by atoms with E-state index in [9.17, 15) is 15.0 Å². The first-order valence-electron chi connectivity index (χ1n) is 7.84. The van der Waals surface area contributed by atoms with Gasteiger partial charge >= 0.3 is 5.97 Å². The maximum Gasteiger partial charge on any atom is 0.339 e. The summed E-state index contributed by atoms with van der Waals surface area (Å²) in [6.07, 6.45) is -0.707. The van der Waals surface area contributed by atoms with E-state index in [4.69, 9.17) is 9.47 Å². The number of ether oxygens (including phenoxy) is 2. The first-order valence-corrected chi connectivity index (χ1v) is 7.84. The molecule has 4 rings (SSSR count). The van der Waals surface area contributed by atoms with Crippen LogP contribution in [-0.4, -0.2) is 23.3 Å². The van der Waals surface area contributed by atoms with Crippen LogP contribution in [0.5, 0.6) is 17.2 Å². The van der Waals surface area contributed by atoms with Gasteiger partial charge in [-0.3, -0.25) is 0 Å². The molecule has 1 aliphatic rings. The van der Waals surface area contributed by atoms with Crippen molar-refractivity contribution in [1.82, 2.24) is 0 Å². The molecule has 126 valence electrons. The van der Waals surface area contributed by atoms with E-state index in [0.717, 1.165) is 16.3 Å². The van der Waals surface area contributed by atoms with Crippen LogP contribution in [0.3, 0.4) is 0 Å². The van der Waals surface area contributed by atoms with Crippen molar-refractivity contribution < 1.29 is 24.5 Å². The molecule has 1 atom stereocenters. The number of methoxy groups -OCH3 is 1. The predicted molar refractivity (Wildman–Crippen MR) is 92.8 cm³/mol. The van der Waals surface area contributed by atoms with Gasteiger partial charge in [0, 0.05) is 10.9 Å². The Morgan fingerprint density at radius 3 is 2.72 bits per heavy atom. The number of benzene rings is 3. The summed E-state index contributed by atoms with van der Waals surface area (Å²) in [6.45, 7) is 1.97. The molecule has 2 N–H and O–H groups in total. The molecule has 3 aromatic carbocycles. The van der Waals surface area contributed by atoms with Crippen molar-refractivity contribution in [2.24, 2.45) is 0 Å². The van der Waals surface area contributed by atoms with Gasteiger partial charge in [-0.25, -0.2) is 4.79 Å². The Morgan fingerprint density at radius 1 is 1.20 bits per heavy atom. The van der Waals surface area contributed by atoms with Gasteiger partial charge in [0.15, 0.2) is 6.10 Å². The van der Waals surface area contributed by atoms with E-state index < -0.39 is 12.1 Å². The van der Waals surface area contributed by atoms with Crippen molar-refractivity contribution in [2.75, 3.05) is 7.11 Å². The molecule has 0 aliphatic carbocycles. The van der Waals surface area contributed by atoms with Crippen LogP contribution in [0.15, 0.2) is 42.5 Å². The molecule has 0 aromatic heterocycles. The smallest absolute Gasteiger partial charge is 0.339 e. The van der Waals surface area contributed by atoms with E-state index in [0.29, 0.717) is 16.9 Å². The van der Waals surface area contributed by atoms with Crippen molar-refractivity contribution >= 4 is 16.7 Å². The van der Waals surface area contributed by atoms with Crippen LogP contribution in [0.1, 0.15) is 33.2 Å². The van der Waals surface area contributed by atoms with Gasteiger partial charge in [0.05, 0.1) is 12.7 Å². The van der Waals surface area contributed by atoms with Crippen LogP contribution in [0.25, 0.3) is 10.8 Å². The number of phenolic OH excluding ortho intramolecular Hbond substituents is 1. The maximum atomic E-state index is 11.8. The van der Waals surface area contributed by atoms with Gasteiger partial charge in [-0.2, -0.15) is 0 Å². The summed E-state index contributed by atoms with van der Waals surface area (Å²) in [5.41, 5.74) is 2.10. The van der Waals surface area contributed by atoms with Crippen LogP contribution in [0.4, 0.5) is 0 Å². The molecular formula is C20H16O5. The third-order valence-corrected chi connectivity index (χ3v) is 4.52. The second-order valence-corrected chi connectivity index (χ2v) is 6.09. The topological polar surface area (TPSA) is 76.0 Å². The number of phenols is 1. The van der Waals surface area contributed by atoms with Crippen LogP contribution < -0.4 is 9.47 Å². The minimum absolute atomic E-state index is 0.0379. The lowest BCUT2D eigenvalue weighted by molar-refractivity contribution is 0.0689. The number of hydrogen-bond donors (Lipinski definition) is 2. The lowest BCUT2D eigenvalue weighted by Crippen LogP contribution is -2.12. The highest BCUT2D eigenvalue weighted by Crippen LogP contribution is 2.49. The number of carboxylic acid groups (broad SMARTS) is 1. The minimum Gasteiger partial charge on any atom is -0.507 e. The lowest BCUT2D eigenvalue weighted by atomic mass is 9.93. The van der Waals surface area contributed by atoms with Crippen molar-refractivity contribution in [3.05, 3.63) is 64.7 Å². The molecule has 0 spiro atoms. The highest BCUT2D eigenvalue weighted by molar-refractivity contribution is 5.98. The van der Waals surface area contributed by atoms with Crippen LogP contribution >= 0.6 is 0 Å². The molecule has 0 radical (unpaired) electrons. The molecule has 5 nitrogen and oxygen atoms in total. The van der Waals surface area contributed by atoms with Crippen molar-refractivity contribution in [2.45, 2.75) is 13.0 Å². The van der Waals surface area contributed by atoms with Crippen LogP contribution in [0.2, 0.25) is 0 Å². The van der Waals surface area contributed by atoms with Crippen molar-refractivity contribution in [1.29, 1.82) is 0 Å². The lowest BCUT2D eigenvalue weighted by Gasteiger charge is -2.18. The molecule has 1 heterocycles. The van der Waals surface area contributed by atoms with E-state index in [1.165, 1.54) is 7.11 Å². The summed E-state index contributed by atoms with van der Waals surface area (Å²) < 4.78 is 11.3. The van der Waals surface area contributed by atoms with E-state index >= 15 is 0 Å². The highest BCUT2D eigenvalue weighted by Gasteiger charge is 2.34. The zero-order valence-electron chi connectivity index (χ0n) is 13.7. The third-order valence-electron chi connectivity index (χ3n) is 4.52. The average Bonchev–Trinajstić information content (AvgIpc) is 2.97. The normalized spacial score (nSPS) is 15.2. The molecule has 0 fully saturated rings. The first-order chi connectivity index (χ1) is 12.0. The molecule has 0 saturated heterocycles. The summed E-state index contributed by atoms with van der Waals surface area (Å²) in [7, 11) is 1.43. The molecule has 5 heteroatoms. The monoisotopic (exact) mass is 336 g/mol. The predicted octanol–water partition coefficient (Wildman–Crippen LogP) is 4.04. The number of rotatable bonds is 3. The average molecular weight is 336 g/mol. The van der Waals surface area contributed by atoms with E-state index in [1.807, 2.05) is 25.1 Å². The number of aromatic carboxylic acids is 1. The largest absolute Gasteiger partial charge is 0.507 e. The van der Waals surface area contributed by atoms with Gasteiger partial charge in [0.2, 0.25) is 0 Å². The van der Waals surface area contributed by atoms with E-state index in [2.05, 4.69) is 0 Å². The van der Waals surface area contributed by atoms with Crippen molar-refractivity contribution in [3.8, 4) is 17.2 Å². The molecular weight excluding hydrogens is 320 g/mol. The van der Waals surface area contributed by atoms with E-state index in [1.54, 1.807) is 24.3 Å². The second-order valence-electron chi connectivity index (χ2n) is 6.09. The fourth-order valence-corrected chi connectivity index (χ4v) is 3.52. The zero-order chi connectivity index (χ0) is 17.7. The quantitative estimate of drug-likeness (QED) is 0.755. The second kappa shape index (κ2) is 5.41. The summed E-state index contributed by atoms with van der Waals surface area (Å²) in [4.78, 5) is 11.8. The molecule has 0 bridgehead atoms. The molecule has 1 aliphatic heterocycles. The summed E-state index contributed by atoms with van der Waals surface area (Å²) in [5.74, 6) is -0.119. The van der Waals surface area contributed by atoms with Gasteiger partial charge in [-0.05, 0) is 36.1 Å². The molecule has 25 heavy (non-hydrogen) atoms. The number of aryl methyl sites for hydroxylation is 1. The Balaban J connectivity index is 2.00. The van der Waals surface area contributed by atoms with Gasteiger partial charge < -0.3 is 19.7 Å². The van der Waals surface area contributed by atoms with Crippen molar-refractivity contribution in [3.63, 3.8) is 0 Å². The van der Waals surface area contributed by atoms with Gasteiger partial charge in [0.1, 0.15) is 22.8 Å². The van der Waals surface area contributed by atoms with Gasteiger partial charge in [0.25, 0.3) is 0 Å². The Labute approximate surface area is 144 Å². The zero-order valence-corrected chi connectivity index (χ0v) is 13.7. The Bertz CT molecular complexity index is 1020. The number of carbonyl (C=O) groups is 1. The Hall–Kier alpha value is -3.21. The molecule has 3 aromatic rings. The summed E-state index contributed by atoms with van der Waals surface area (Å²) >= 11 is 0. The fraction of sp³-hybridized carbons (Fsp3) is 0.150. The van der Waals surface area contributed by atoms with Gasteiger partial charge in [-0.1, -0.05) is 24.3 Å². The Kier molecular flexibility index (Phi) is 3.32. The SMILES string of the molecule is COc1cccc(C2Oc3cc(C)cc4ccc(O)c2c34)c1C(=O)O. The molecule has 1 unspecified atom stereocenters. The summed E-state index contributed by atoms with van der Waals surface area (Å²) in [5, 5.41) is 21.9. The summed E-state index contributed by atoms with van der Waals surface area (Å²) in [6, 6.07) is 12.4. The van der Waals surface area contributed by atoms with E-state index in [-0.39, 0.29) is 17.1 Å². The van der Waals surface area contributed by atoms with Crippen LogP contribution in [0, 0.1) is 6.92 Å². The standard InChI is InChI=1S/C20H16O5/c1-10-8-11-6-7-13(21)18-16(11)15(9-10)25-19(18)12-4-3-5-14(24-2)17(12)20(22)23/h3-9,19,21H,1-2H3,(H,22,23). The highest BCUT2D eigenvalue weighted by atomic mass is 16.5. The molecule has 0 amide bonds. The number of carboxylic acids is 1. The maximum absolute atomic E-state index is 11.8. The first kappa shape index (κ1) is 15.3. The van der Waals surface area contributed by atoms with Crippen LogP contribution in [-0.2, 0) is 0 Å². The minimum atomic E-state index is -1.10. The fourth-order valence-electron chi connectivity index (χ4n) is 3.52. The Morgan fingerprint density at radius 2 is 2.00 bits per heavy atom. The number of aromatic hydroxyl groups is 1.